The molecule has 67 valence electrons. The summed E-state index contributed by atoms with van der Waals surface area (Å²) in [6.45, 7) is 0. The molecule has 0 unspecified atom stereocenters. The fraction of sp³-hybridized carbons (Fsp3) is 0. The van der Waals surface area contributed by atoms with Gasteiger partial charge >= 0.3 is 0 Å². The molecule has 0 fully saturated rings. The molecular weight excluding hydrogens is 168 g/mol. The zero-order chi connectivity index (χ0) is 9.84. The van der Waals surface area contributed by atoms with E-state index in [9.17, 15) is 4.79 Å². The molecule has 0 aliphatic heterocycles. The van der Waals surface area contributed by atoms with E-state index in [0.29, 0.717) is 11.3 Å². The van der Waals surface area contributed by atoms with E-state index in [4.69, 9.17) is 16.9 Å². The quantitative estimate of drug-likeness (QED) is 0.450. The molecule has 1 rings (SSSR count). The molecule has 1 radical (unpaired) electrons. The van der Waals surface area contributed by atoms with Crippen LogP contribution < -0.4 is 16.8 Å². The molecule has 0 aliphatic carbocycles. The number of hydrogen-bond donors (Lipinski definition) is 3. The summed E-state index contributed by atoms with van der Waals surface area (Å²) in [5.74, 6) is -0.890. The van der Waals surface area contributed by atoms with E-state index in [1.165, 1.54) is 12.1 Å². The zero-order valence-electron chi connectivity index (χ0n) is 6.79. The van der Waals surface area contributed by atoms with E-state index < -0.39 is 5.91 Å². The summed E-state index contributed by atoms with van der Waals surface area (Å²) in [5, 5.41) is 9.49. The molecule has 5 N–H and O–H groups in total. The molecule has 0 heterocycles. The van der Waals surface area contributed by atoms with E-state index in [-0.39, 0.29) is 5.96 Å². The van der Waals surface area contributed by atoms with Gasteiger partial charge in [0.2, 0.25) is 0 Å². The molecule has 0 saturated carbocycles. The molecule has 0 spiro atoms. The summed E-state index contributed by atoms with van der Waals surface area (Å²) >= 11 is 0. The van der Waals surface area contributed by atoms with Crippen molar-refractivity contribution >= 4 is 17.6 Å². The summed E-state index contributed by atoms with van der Waals surface area (Å²) < 4.78 is 0. The first-order chi connectivity index (χ1) is 6.09. The van der Waals surface area contributed by atoms with Gasteiger partial charge in [-0.2, -0.15) is 0 Å². The number of guanidine groups is 1. The maximum atomic E-state index is 10.6. The van der Waals surface area contributed by atoms with Crippen LogP contribution in [0.1, 0.15) is 10.4 Å². The first-order valence-corrected chi connectivity index (χ1v) is 3.56. The molecule has 1 amide bonds. The van der Waals surface area contributed by atoms with Gasteiger partial charge in [-0.25, -0.2) is 0 Å². The lowest BCUT2D eigenvalue weighted by Gasteiger charge is -2.02. The van der Waals surface area contributed by atoms with Crippen LogP contribution in [0.3, 0.4) is 0 Å². The molecule has 0 aliphatic rings. The van der Waals surface area contributed by atoms with E-state index >= 15 is 0 Å². The van der Waals surface area contributed by atoms with Crippen molar-refractivity contribution in [3.05, 3.63) is 29.8 Å². The van der Waals surface area contributed by atoms with Gasteiger partial charge in [-0.1, -0.05) is 0 Å². The highest BCUT2D eigenvalue weighted by atomic mass is 16.1. The monoisotopic (exact) mass is 177 g/mol. The highest BCUT2D eigenvalue weighted by Gasteiger charge is 1.99. The lowest BCUT2D eigenvalue weighted by molar-refractivity contribution is 0.0992. The predicted molar refractivity (Wildman–Crippen MR) is 49.4 cm³/mol. The van der Waals surface area contributed by atoms with E-state index in [1.807, 2.05) is 0 Å². The molecule has 1 aromatic carbocycles. The van der Waals surface area contributed by atoms with Crippen LogP contribution in [-0.4, -0.2) is 11.9 Å². The zero-order valence-corrected chi connectivity index (χ0v) is 6.79. The summed E-state index contributed by atoms with van der Waals surface area (Å²) in [6.07, 6.45) is 0. The summed E-state index contributed by atoms with van der Waals surface area (Å²) in [5.41, 5.74) is 12.8. The van der Waals surface area contributed by atoms with Crippen LogP contribution in [-0.2, 0) is 0 Å². The molecule has 13 heavy (non-hydrogen) atoms. The number of nitrogens with one attached hydrogen (secondary N) is 3. The molecule has 0 bridgehead atoms. The van der Waals surface area contributed by atoms with Crippen molar-refractivity contribution in [2.24, 2.45) is 5.73 Å². The highest BCUT2D eigenvalue weighted by Crippen LogP contribution is 2.08. The van der Waals surface area contributed by atoms with Gasteiger partial charge in [-0.05, 0) is 24.3 Å². The Bertz CT molecular complexity index is 331. The fourth-order valence-corrected chi connectivity index (χ4v) is 0.860. The number of hydrogen-bond acceptors (Lipinski definition) is 2. The van der Waals surface area contributed by atoms with Gasteiger partial charge < -0.3 is 11.1 Å². The third kappa shape index (κ3) is 2.48. The van der Waals surface area contributed by atoms with Gasteiger partial charge in [0.15, 0.2) is 5.96 Å². The Morgan fingerprint density at radius 1 is 1.31 bits per heavy atom. The standard InChI is InChI=1S/C8H9N4O/c9-7(13)5-1-3-6(4-2-5)12-8(10)11/h1-4,9H,(H4,10,11,12). The second-order valence-electron chi connectivity index (χ2n) is 2.45. The normalized spacial score (nSPS) is 9.23. The predicted octanol–water partition coefficient (Wildman–Crippen LogP) is 0.415. The maximum Gasteiger partial charge on any atom is 0.269 e. The average molecular weight is 177 g/mol. The van der Waals surface area contributed by atoms with Gasteiger partial charge in [0.05, 0.1) is 0 Å². The van der Waals surface area contributed by atoms with Crippen LogP contribution in [0.2, 0.25) is 0 Å². The molecule has 5 nitrogen and oxygen atoms in total. The average Bonchev–Trinajstić information content (AvgIpc) is 2.04. The van der Waals surface area contributed by atoms with E-state index in [2.05, 4.69) is 5.32 Å². The Morgan fingerprint density at radius 3 is 2.23 bits per heavy atom. The SMILES string of the molecule is [NH]C(=O)c1ccc(NC(=N)N)cc1. The highest BCUT2D eigenvalue weighted by molar-refractivity contribution is 5.94. The Labute approximate surface area is 75.2 Å². The van der Waals surface area contributed by atoms with Crippen molar-refractivity contribution in [2.45, 2.75) is 0 Å². The van der Waals surface area contributed by atoms with Crippen LogP contribution >= 0.6 is 0 Å². The van der Waals surface area contributed by atoms with Gasteiger partial charge in [0, 0.05) is 11.3 Å². The second-order valence-corrected chi connectivity index (χ2v) is 2.45. The van der Waals surface area contributed by atoms with Crippen molar-refractivity contribution in [1.82, 2.24) is 5.73 Å². The van der Waals surface area contributed by atoms with Crippen LogP contribution in [0.15, 0.2) is 24.3 Å². The minimum Gasteiger partial charge on any atom is -0.370 e. The topological polar surface area (TPSA) is 103 Å². The van der Waals surface area contributed by atoms with Crippen molar-refractivity contribution in [1.29, 1.82) is 5.41 Å². The van der Waals surface area contributed by atoms with Crippen molar-refractivity contribution in [3.8, 4) is 0 Å². The third-order valence-corrected chi connectivity index (χ3v) is 1.43. The number of carbonyl (C=O) groups excluding carboxylic acids is 1. The molecule has 0 aromatic heterocycles. The molecule has 0 atom stereocenters. The summed E-state index contributed by atoms with van der Waals surface area (Å²) in [7, 11) is 0. The molecular formula is C8H9N4O. The Balaban J connectivity index is 2.81. The van der Waals surface area contributed by atoms with Crippen molar-refractivity contribution < 1.29 is 4.79 Å². The van der Waals surface area contributed by atoms with Gasteiger partial charge in [-0.3, -0.25) is 15.9 Å². The third-order valence-electron chi connectivity index (χ3n) is 1.43. The number of rotatable bonds is 2. The second kappa shape index (κ2) is 3.57. The number of carbonyl (C=O) groups is 1. The molecule has 1 aromatic rings. The largest absolute Gasteiger partial charge is 0.370 e. The fourth-order valence-electron chi connectivity index (χ4n) is 0.860. The Kier molecular flexibility index (Phi) is 2.49. The maximum absolute atomic E-state index is 10.6. The lowest BCUT2D eigenvalue weighted by atomic mass is 10.2. The van der Waals surface area contributed by atoms with Crippen LogP contribution in [0.5, 0.6) is 0 Å². The number of anilines is 1. The number of amides is 1. The Morgan fingerprint density at radius 2 is 1.85 bits per heavy atom. The first kappa shape index (κ1) is 9.05. The molecule has 5 heteroatoms. The number of nitrogens with two attached hydrogens (primary N) is 1. The summed E-state index contributed by atoms with van der Waals surface area (Å²) in [6, 6.07) is 6.17. The van der Waals surface area contributed by atoms with E-state index in [0.717, 1.165) is 0 Å². The molecule has 0 saturated heterocycles. The van der Waals surface area contributed by atoms with Crippen molar-refractivity contribution in [3.63, 3.8) is 0 Å². The van der Waals surface area contributed by atoms with Gasteiger partial charge in [-0.15, -0.1) is 0 Å². The van der Waals surface area contributed by atoms with Crippen LogP contribution in [0.25, 0.3) is 0 Å². The van der Waals surface area contributed by atoms with Crippen LogP contribution in [0, 0.1) is 5.41 Å². The minimum absolute atomic E-state index is 0.162. The minimum atomic E-state index is -0.727. The number of benzene rings is 1. The van der Waals surface area contributed by atoms with Crippen LogP contribution in [0.4, 0.5) is 5.69 Å². The lowest BCUT2D eigenvalue weighted by Crippen LogP contribution is -2.20. The van der Waals surface area contributed by atoms with Gasteiger partial charge in [0.1, 0.15) is 0 Å². The smallest absolute Gasteiger partial charge is 0.269 e. The van der Waals surface area contributed by atoms with Gasteiger partial charge in [0.25, 0.3) is 5.91 Å². The van der Waals surface area contributed by atoms with Crippen molar-refractivity contribution in [2.75, 3.05) is 5.32 Å². The van der Waals surface area contributed by atoms with E-state index in [1.54, 1.807) is 12.1 Å². The first-order valence-electron chi connectivity index (χ1n) is 3.56. The Hall–Kier alpha value is -2.04. The summed E-state index contributed by atoms with van der Waals surface area (Å²) in [4.78, 5) is 10.6.